The number of anilines is 1. The van der Waals surface area contributed by atoms with E-state index >= 15 is 0 Å². The van der Waals surface area contributed by atoms with Crippen LogP contribution in [0.1, 0.15) is 28.8 Å². The second-order valence-electron chi connectivity index (χ2n) is 4.46. The normalized spacial score (nSPS) is 14.9. The first-order valence-electron chi connectivity index (χ1n) is 6.01. The van der Waals surface area contributed by atoms with Crippen molar-refractivity contribution in [2.24, 2.45) is 0 Å². The van der Waals surface area contributed by atoms with Crippen LogP contribution >= 0.6 is 0 Å². The van der Waals surface area contributed by atoms with Crippen LogP contribution in [-0.2, 0) is 0 Å². The fourth-order valence-electron chi connectivity index (χ4n) is 2.22. The zero-order chi connectivity index (χ0) is 13.1. The molecule has 0 bridgehead atoms. The highest BCUT2D eigenvalue weighted by atomic mass is 19.1. The Bertz CT molecular complexity index is 457. The molecule has 0 aliphatic carbocycles. The number of rotatable bonds is 3. The average molecular weight is 252 g/mol. The molecule has 2 N–H and O–H groups in total. The number of hydrogen-bond acceptors (Lipinski definition) is 3. The average Bonchev–Trinajstić information content (AvgIpc) is 2.85. The third-order valence-electron chi connectivity index (χ3n) is 3.19. The topological polar surface area (TPSA) is 55.6 Å². The van der Waals surface area contributed by atoms with Gasteiger partial charge in [-0.1, -0.05) is 0 Å². The smallest absolute Gasteiger partial charge is 0.254 e. The molecular formula is C13H17FN2O2. The van der Waals surface area contributed by atoms with Gasteiger partial charge < -0.3 is 15.4 Å². The molecule has 0 radical (unpaired) electrons. The lowest BCUT2D eigenvalue weighted by atomic mass is 10.1. The second kappa shape index (κ2) is 5.25. The zero-order valence-corrected chi connectivity index (χ0v) is 10.4. The fourth-order valence-corrected chi connectivity index (χ4v) is 2.22. The molecule has 2 rings (SSSR count). The first-order valence-corrected chi connectivity index (χ1v) is 6.01. The number of amides is 1. The summed E-state index contributed by atoms with van der Waals surface area (Å²) >= 11 is 0. The van der Waals surface area contributed by atoms with Crippen molar-refractivity contribution >= 4 is 11.6 Å². The number of nitrogens with zero attached hydrogens (tertiary/aromatic N) is 1. The number of carbonyl (C=O) groups is 1. The molecule has 5 heteroatoms. The van der Waals surface area contributed by atoms with Crippen LogP contribution in [0, 0.1) is 6.92 Å². The van der Waals surface area contributed by atoms with Crippen LogP contribution in [0.3, 0.4) is 0 Å². The van der Waals surface area contributed by atoms with Gasteiger partial charge in [0.1, 0.15) is 5.75 Å². The summed E-state index contributed by atoms with van der Waals surface area (Å²) in [6.45, 7) is 2.42. The lowest BCUT2D eigenvalue weighted by Gasteiger charge is -2.18. The predicted octanol–water partition coefficient (Wildman–Crippen LogP) is 2.12. The van der Waals surface area contributed by atoms with Crippen LogP contribution in [0.5, 0.6) is 5.75 Å². The molecule has 0 unspecified atom stereocenters. The molecule has 1 amide bonds. The van der Waals surface area contributed by atoms with Crippen molar-refractivity contribution in [1.82, 2.24) is 4.90 Å². The third kappa shape index (κ3) is 2.39. The van der Waals surface area contributed by atoms with E-state index < -0.39 is 6.86 Å². The summed E-state index contributed by atoms with van der Waals surface area (Å²) in [4.78, 5) is 14.1. The second-order valence-corrected chi connectivity index (χ2v) is 4.46. The summed E-state index contributed by atoms with van der Waals surface area (Å²) in [5.41, 5.74) is 7.39. The van der Waals surface area contributed by atoms with Gasteiger partial charge >= 0.3 is 0 Å². The van der Waals surface area contributed by atoms with E-state index in [0.29, 0.717) is 11.3 Å². The van der Waals surface area contributed by atoms with Gasteiger partial charge in [0.15, 0.2) is 0 Å². The van der Waals surface area contributed by atoms with Crippen LogP contribution < -0.4 is 10.5 Å². The van der Waals surface area contributed by atoms with E-state index in [0.717, 1.165) is 31.5 Å². The van der Waals surface area contributed by atoms with Gasteiger partial charge in [-0.3, -0.25) is 4.79 Å². The van der Waals surface area contributed by atoms with E-state index in [2.05, 4.69) is 0 Å². The van der Waals surface area contributed by atoms with E-state index in [-0.39, 0.29) is 11.7 Å². The van der Waals surface area contributed by atoms with Crippen LogP contribution in [0.2, 0.25) is 0 Å². The van der Waals surface area contributed by atoms with Gasteiger partial charge in [-0.05, 0) is 37.5 Å². The van der Waals surface area contributed by atoms with Crippen molar-refractivity contribution in [1.29, 1.82) is 0 Å². The first kappa shape index (κ1) is 12.7. The molecule has 1 fully saturated rings. The molecule has 1 aromatic carbocycles. The summed E-state index contributed by atoms with van der Waals surface area (Å²) in [7, 11) is 0. The molecule has 1 aromatic rings. The number of aryl methyl sites for hydroxylation is 1. The SMILES string of the molecule is Cc1cc(N)c(OCF)cc1C(=O)N1CCCC1. The first-order chi connectivity index (χ1) is 8.63. The molecule has 1 heterocycles. The molecule has 1 saturated heterocycles. The highest BCUT2D eigenvalue weighted by Gasteiger charge is 2.22. The molecule has 0 atom stereocenters. The molecule has 4 nitrogen and oxygen atoms in total. The Balaban J connectivity index is 2.31. The Kier molecular flexibility index (Phi) is 3.69. The lowest BCUT2D eigenvalue weighted by molar-refractivity contribution is 0.0791. The summed E-state index contributed by atoms with van der Waals surface area (Å²) in [6.07, 6.45) is 2.07. The molecule has 18 heavy (non-hydrogen) atoms. The standard InChI is InChI=1S/C13H17FN2O2/c1-9-6-11(15)12(18-8-14)7-10(9)13(17)16-4-2-3-5-16/h6-7H,2-5,8,15H2,1H3. The third-order valence-corrected chi connectivity index (χ3v) is 3.19. The molecular weight excluding hydrogens is 235 g/mol. The summed E-state index contributed by atoms with van der Waals surface area (Å²) in [6, 6.07) is 3.18. The number of benzene rings is 1. The highest BCUT2D eigenvalue weighted by molar-refractivity contribution is 5.97. The number of carbonyl (C=O) groups excluding carboxylic acids is 1. The van der Waals surface area contributed by atoms with Crippen molar-refractivity contribution in [3.05, 3.63) is 23.3 Å². The summed E-state index contributed by atoms with van der Waals surface area (Å²) in [5, 5.41) is 0. The Morgan fingerprint density at radius 1 is 1.44 bits per heavy atom. The maximum atomic E-state index is 12.3. The number of hydrogen-bond donors (Lipinski definition) is 1. The molecule has 0 aromatic heterocycles. The minimum absolute atomic E-state index is 0.0336. The van der Waals surface area contributed by atoms with Crippen molar-refractivity contribution in [3.63, 3.8) is 0 Å². The summed E-state index contributed by atoms with van der Waals surface area (Å²) < 4.78 is 17.0. The van der Waals surface area contributed by atoms with E-state index in [4.69, 9.17) is 10.5 Å². The predicted molar refractivity (Wildman–Crippen MR) is 67.3 cm³/mol. The Hall–Kier alpha value is -1.78. The minimum Gasteiger partial charge on any atom is -0.461 e. The number of halogens is 1. The Labute approximate surface area is 106 Å². The number of alkyl halides is 1. The van der Waals surface area contributed by atoms with Crippen LogP contribution in [0.4, 0.5) is 10.1 Å². The van der Waals surface area contributed by atoms with Crippen LogP contribution in [0.15, 0.2) is 12.1 Å². The van der Waals surface area contributed by atoms with Crippen LogP contribution in [0.25, 0.3) is 0 Å². The van der Waals surface area contributed by atoms with Gasteiger partial charge in [-0.25, -0.2) is 4.39 Å². The number of nitrogen functional groups attached to an aromatic ring is 1. The van der Waals surface area contributed by atoms with Gasteiger partial charge in [0.05, 0.1) is 5.69 Å². The van der Waals surface area contributed by atoms with Gasteiger partial charge in [-0.15, -0.1) is 0 Å². The molecule has 1 aliphatic heterocycles. The Morgan fingerprint density at radius 2 is 2.11 bits per heavy atom. The number of nitrogens with two attached hydrogens (primary N) is 1. The van der Waals surface area contributed by atoms with Crippen molar-refractivity contribution in [2.45, 2.75) is 19.8 Å². The van der Waals surface area contributed by atoms with E-state index in [1.807, 2.05) is 6.92 Å². The highest BCUT2D eigenvalue weighted by Crippen LogP contribution is 2.27. The fraction of sp³-hybridized carbons (Fsp3) is 0.462. The quantitative estimate of drug-likeness (QED) is 0.838. The van der Waals surface area contributed by atoms with Crippen molar-refractivity contribution in [3.8, 4) is 5.75 Å². The minimum atomic E-state index is -0.954. The maximum absolute atomic E-state index is 12.3. The molecule has 98 valence electrons. The number of ether oxygens (including phenoxy) is 1. The van der Waals surface area contributed by atoms with Gasteiger partial charge in [0, 0.05) is 18.7 Å². The van der Waals surface area contributed by atoms with Gasteiger partial charge in [0.25, 0.3) is 5.91 Å². The van der Waals surface area contributed by atoms with E-state index in [1.54, 1.807) is 11.0 Å². The molecule has 0 saturated carbocycles. The Morgan fingerprint density at radius 3 is 2.72 bits per heavy atom. The van der Waals surface area contributed by atoms with Crippen molar-refractivity contribution in [2.75, 3.05) is 25.7 Å². The largest absolute Gasteiger partial charge is 0.461 e. The number of likely N-dealkylation sites (tertiary alicyclic amines) is 1. The summed E-state index contributed by atoms with van der Waals surface area (Å²) in [5.74, 6) is 0.194. The monoisotopic (exact) mass is 252 g/mol. The van der Waals surface area contributed by atoms with Gasteiger partial charge in [-0.2, -0.15) is 0 Å². The maximum Gasteiger partial charge on any atom is 0.254 e. The molecule has 0 spiro atoms. The van der Waals surface area contributed by atoms with Gasteiger partial charge in [0.2, 0.25) is 6.86 Å². The molecule has 1 aliphatic rings. The zero-order valence-electron chi connectivity index (χ0n) is 10.4. The van der Waals surface area contributed by atoms with Crippen LogP contribution in [-0.4, -0.2) is 30.8 Å². The van der Waals surface area contributed by atoms with Crippen molar-refractivity contribution < 1.29 is 13.9 Å². The lowest BCUT2D eigenvalue weighted by Crippen LogP contribution is -2.28. The van der Waals surface area contributed by atoms with E-state index in [9.17, 15) is 9.18 Å². The van der Waals surface area contributed by atoms with E-state index in [1.165, 1.54) is 6.07 Å².